The molecule has 144 valence electrons. The normalized spacial score (nSPS) is 20.9. The average Bonchev–Trinajstić information content (AvgIpc) is 3.39. The van der Waals surface area contributed by atoms with E-state index >= 15 is 0 Å². The van der Waals surface area contributed by atoms with Gasteiger partial charge in [-0.25, -0.2) is 0 Å². The van der Waals surface area contributed by atoms with Gasteiger partial charge >= 0.3 is 0 Å². The van der Waals surface area contributed by atoms with Crippen molar-refractivity contribution in [3.8, 4) is 11.4 Å². The SMILES string of the molecule is O=C(C1CCCO1)N1CCC(NCc2nc(-c3ccccc3Cl)no2)CC1. The molecule has 1 unspecified atom stereocenters. The Hall–Kier alpha value is -1.96. The van der Waals surface area contributed by atoms with Crippen molar-refractivity contribution < 1.29 is 14.1 Å². The van der Waals surface area contributed by atoms with Crippen molar-refractivity contribution in [1.82, 2.24) is 20.4 Å². The summed E-state index contributed by atoms with van der Waals surface area (Å²) in [6.45, 7) is 2.72. The highest BCUT2D eigenvalue weighted by molar-refractivity contribution is 6.33. The predicted octanol–water partition coefficient (Wildman–Crippen LogP) is 2.65. The summed E-state index contributed by atoms with van der Waals surface area (Å²) in [5.74, 6) is 1.17. The number of nitrogens with one attached hydrogen (secondary N) is 1. The number of ether oxygens (including phenoxy) is 1. The van der Waals surface area contributed by atoms with E-state index in [9.17, 15) is 4.79 Å². The molecule has 2 fully saturated rings. The molecule has 1 N–H and O–H groups in total. The lowest BCUT2D eigenvalue weighted by Gasteiger charge is -2.33. The van der Waals surface area contributed by atoms with Crippen LogP contribution in [0.4, 0.5) is 0 Å². The largest absolute Gasteiger partial charge is 0.368 e. The van der Waals surface area contributed by atoms with Gasteiger partial charge in [-0.05, 0) is 37.8 Å². The van der Waals surface area contributed by atoms with Crippen LogP contribution >= 0.6 is 11.6 Å². The lowest BCUT2D eigenvalue weighted by atomic mass is 10.0. The number of hydrogen-bond donors (Lipinski definition) is 1. The summed E-state index contributed by atoms with van der Waals surface area (Å²) >= 11 is 6.17. The van der Waals surface area contributed by atoms with Crippen LogP contribution in [0.25, 0.3) is 11.4 Å². The van der Waals surface area contributed by atoms with Crippen molar-refractivity contribution in [3.63, 3.8) is 0 Å². The van der Waals surface area contributed by atoms with E-state index in [4.69, 9.17) is 20.9 Å². The Balaban J connectivity index is 1.26. The van der Waals surface area contributed by atoms with Crippen molar-refractivity contribution in [2.45, 2.75) is 44.4 Å². The zero-order valence-electron chi connectivity index (χ0n) is 15.1. The first kappa shape index (κ1) is 18.4. The minimum Gasteiger partial charge on any atom is -0.368 e. The molecule has 0 radical (unpaired) electrons. The highest BCUT2D eigenvalue weighted by atomic mass is 35.5. The molecule has 3 heterocycles. The van der Waals surface area contributed by atoms with Gasteiger partial charge in [-0.2, -0.15) is 4.98 Å². The molecule has 0 aliphatic carbocycles. The van der Waals surface area contributed by atoms with Crippen LogP contribution in [0.2, 0.25) is 5.02 Å². The van der Waals surface area contributed by atoms with Crippen LogP contribution in [0.15, 0.2) is 28.8 Å². The Kier molecular flexibility index (Phi) is 5.71. The number of rotatable bonds is 5. The minimum absolute atomic E-state index is 0.146. The number of aromatic nitrogens is 2. The molecular formula is C19H23ClN4O3. The number of carbonyl (C=O) groups excluding carboxylic acids is 1. The van der Waals surface area contributed by atoms with Crippen molar-refractivity contribution in [3.05, 3.63) is 35.2 Å². The molecule has 0 spiro atoms. The standard InChI is InChI=1S/C19H23ClN4O3/c20-15-5-2-1-4-14(15)18-22-17(27-23-18)12-21-13-7-9-24(10-8-13)19(25)16-6-3-11-26-16/h1-2,4-5,13,16,21H,3,6-12H2. The molecule has 27 heavy (non-hydrogen) atoms. The van der Waals surface area contributed by atoms with E-state index in [0.29, 0.717) is 35.9 Å². The summed E-state index contributed by atoms with van der Waals surface area (Å²) in [7, 11) is 0. The molecule has 1 amide bonds. The Morgan fingerprint density at radius 3 is 2.81 bits per heavy atom. The lowest BCUT2D eigenvalue weighted by molar-refractivity contribution is -0.142. The van der Waals surface area contributed by atoms with E-state index in [2.05, 4.69) is 15.5 Å². The van der Waals surface area contributed by atoms with Crippen LogP contribution < -0.4 is 5.32 Å². The molecule has 2 aliphatic heterocycles. The fourth-order valence-electron chi connectivity index (χ4n) is 3.59. The maximum atomic E-state index is 12.4. The molecule has 2 aliphatic rings. The Labute approximate surface area is 163 Å². The van der Waals surface area contributed by atoms with Gasteiger partial charge in [0.05, 0.1) is 11.6 Å². The van der Waals surface area contributed by atoms with Crippen LogP contribution in [0.3, 0.4) is 0 Å². The number of nitrogens with zero attached hydrogens (tertiary/aromatic N) is 3. The zero-order chi connectivity index (χ0) is 18.6. The highest BCUT2D eigenvalue weighted by Gasteiger charge is 2.30. The van der Waals surface area contributed by atoms with Gasteiger partial charge in [-0.3, -0.25) is 4.79 Å². The maximum Gasteiger partial charge on any atom is 0.251 e. The molecule has 0 saturated carbocycles. The number of piperidine rings is 1. The van der Waals surface area contributed by atoms with Crippen LogP contribution in [0.1, 0.15) is 31.6 Å². The van der Waals surface area contributed by atoms with Gasteiger partial charge in [-0.15, -0.1) is 0 Å². The van der Waals surface area contributed by atoms with E-state index in [-0.39, 0.29) is 12.0 Å². The topological polar surface area (TPSA) is 80.5 Å². The summed E-state index contributed by atoms with van der Waals surface area (Å²) in [5.41, 5.74) is 0.759. The summed E-state index contributed by atoms with van der Waals surface area (Å²) in [4.78, 5) is 18.7. The number of carbonyl (C=O) groups is 1. The van der Waals surface area contributed by atoms with Crippen LogP contribution in [-0.2, 0) is 16.1 Å². The van der Waals surface area contributed by atoms with Gasteiger partial charge in [-0.1, -0.05) is 28.9 Å². The van der Waals surface area contributed by atoms with Gasteiger partial charge < -0.3 is 19.5 Å². The first-order valence-electron chi connectivity index (χ1n) is 9.42. The highest BCUT2D eigenvalue weighted by Crippen LogP contribution is 2.25. The molecular weight excluding hydrogens is 368 g/mol. The van der Waals surface area contributed by atoms with E-state index in [1.807, 2.05) is 23.1 Å². The predicted molar refractivity (Wildman–Crippen MR) is 100 cm³/mol. The first-order valence-corrected chi connectivity index (χ1v) is 9.80. The third-order valence-corrected chi connectivity index (χ3v) is 5.47. The number of hydrogen-bond acceptors (Lipinski definition) is 6. The number of likely N-dealkylation sites (tertiary alicyclic amines) is 1. The van der Waals surface area contributed by atoms with Gasteiger partial charge in [0.1, 0.15) is 6.10 Å². The van der Waals surface area contributed by atoms with Crippen LogP contribution in [0.5, 0.6) is 0 Å². The van der Waals surface area contributed by atoms with E-state index in [1.54, 1.807) is 6.07 Å². The second-order valence-corrected chi connectivity index (χ2v) is 7.38. The molecule has 2 aromatic rings. The fraction of sp³-hybridized carbons (Fsp3) is 0.526. The van der Waals surface area contributed by atoms with Crippen molar-refractivity contribution in [1.29, 1.82) is 0 Å². The third-order valence-electron chi connectivity index (χ3n) is 5.14. The zero-order valence-corrected chi connectivity index (χ0v) is 15.8. The molecule has 2 saturated heterocycles. The van der Waals surface area contributed by atoms with Gasteiger partial charge in [0.25, 0.3) is 5.91 Å². The van der Waals surface area contributed by atoms with Gasteiger partial charge in [0.15, 0.2) is 0 Å². The van der Waals surface area contributed by atoms with Gasteiger partial charge in [0.2, 0.25) is 11.7 Å². The summed E-state index contributed by atoms with van der Waals surface area (Å²) in [6.07, 6.45) is 3.42. The second kappa shape index (κ2) is 8.37. The van der Waals surface area contributed by atoms with Crippen LogP contribution in [0, 0.1) is 0 Å². The third kappa shape index (κ3) is 4.31. The van der Waals surface area contributed by atoms with Crippen molar-refractivity contribution >= 4 is 17.5 Å². The quantitative estimate of drug-likeness (QED) is 0.845. The van der Waals surface area contributed by atoms with E-state index in [1.165, 1.54) is 0 Å². The average molecular weight is 391 g/mol. The summed E-state index contributed by atoms with van der Waals surface area (Å²) in [6, 6.07) is 7.75. The van der Waals surface area contributed by atoms with E-state index < -0.39 is 0 Å². The first-order chi connectivity index (χ1) is 13.2. The Bertz CT molecular complexity index is 783. The number of halogens is 1. The lowest BCUT2D eigenvalue weighted by Crippen LogP contribution is -2.47. The molecule has 1 atom stereocenters. The van der Waals surface area contributed by atoms with Crippen LogP contribution in [-0.4, -0.2) is 52.8 Å². The fourth-order valence-corrected chi connectivity index (χ4v) is 3.81. The molecule has 4 rings (SSSR count). The molecule has 8 heteroatoms. The molecule has 1 aromatic carbocycles. The summed E-state index contributed by atoms with van der Waals surface area (Å²) < 4.78 is 10.8. The monoisotopic (exact) mass is 390 g/mol. The minimum atomic E-state index is -0.226. The number of benzene rings is 1. The Morgan fingerprint density at radius 2 is 2.07 bits per heavy atom. The second-order valence-electron chi connectivity index (χ2n) is 6.97. The van der Waals surface area contributed by atoms with Crippen molar-refractivity contribution in [2.24, 2.45) is 0 Å². The number of amides is 1. The maximum absolute atomic E-state index is 12.4. The van der Waals surface area contributed by atoms with Crippen molar-refractivity contribution in [2.75, 3.05) is 19.7 Å². The van der Waals surface area contributed by atoms with E-state index in [0.717, 1.165) is 44.3 Å². The smallest absolute Gasteiger partial charge is 0.251 e. The van der Waals surface area contributed by atoms with Gasteiger partial charge in [0, 0.05) is 31.3 Å². The Morgan fingerprint density at radius 1 is 1.26 bits per heavy atom. The summed E-state index contributed by atoms with van der Waals surface area (Å²) in [5, 5.41) is 8.06. The molecule has 0 bridgehead atoms. The molecule has 1 aromatic heterocycles. The molecule has 7 nitrogen and oxygen atoms in total.